The van der Waals surface area contributed by atoms with E-state index >= 15 is 0 Å². The highest BCUT2D eigenvalue weighted by Crippen LogP contribution is 2.26. The van der Waals surface area contributed by atoms with Crippen molar-refractivity contribution in [3.8, 4) is 0 Å². The van der Waals surface area contributed by atoms with Crippen molar-refractivity contribution in [3.63, 3.8) is 0 Å². The molecular formula is C9H18N2. The van der Waals surface area contributed by atoms with E-state index in [9.17, 15) is 0 Å². The van der Waals surface area contributed by atoms with Crippen molar-refractivity contribution < 1.29 is 1.37 Å². The Morgan fingerprint density at radius 1 is 1.27 bits per heavy atom. The van der Waals surface area contributed by atoms with Crippen LogP contribution in [-0.4, -0.2) is 30.0 Å². The lowest BCUT2D eigenvalue weighted by Crippen LogP contribution is -2.49. The molecule has 1 heterocycles. The van der Waals surface area contributed by atoms with Gasteiger partial charge in [-0.05, 0) is 32.2 Å². The van der Waals surface area contributed by atoms with Crippen molar-refractivity contribution in [3.05, 3.63) is 0 Å². The minimum Gasteiger partial charge on any atom is -0.327 e. The molecule has 0 aromatic rings. The first kappa shape index (κ1) is 6.44. The molecule has 0 amide bonds. The molecule has 64 valence electrons. The number of hydrogen-bond donors (Lipinski definition) is 1. The molecule has 1 saturated heterocycles. The van der Waals surface area contributed by atoms with Crippen LogP contribution in [0.4, 0.5) is 0 Å². The first-order chi connectivity index (χ1) is 5.71. The number of rotatable bonds is 1. The zero-order valence-electron chi connectivity index (χ0n) is 8.05. The fourth-order valence-corrected chi connectivity index (χ4v) is 1.95. The average Bonchev–Trinajstić information content (AvgIpc) is 2.00. The minimum absolute atomic E-state index is 0.224. The molecule has 0 aromatic carbocycles. The zero-order valence-corrected chi connectivity index (χ0v) is 7.05. The molecule has 0 bridgehead atoms. The normalized spacial score (nSPS) is 39.4. The van der Waals surface area contributed by atoms with Crippen LogP contribution in [0.1, 0.15) is 33.5 Å². The molecule has 1 saturated carbocycles. The molecule has 1 aliphatic heterocycles. The topological polar surface area (TPSA) is 29.3 Å². The van der Waals surface area contributed by atoms with Crippen LogP contribution in [0.15, 0.2) is 0 Å². The van der Waals surface area contributed by atoms with Crippen molar-refractivity contribution in [1.29, 1.82) is 0 Å². The van der Waals surface area contributed by atoms with Crippen molar-refractivity contribution in [2.24, 2.45) is 5.73 Å². The van der Waals surface area contributed by atoms with E-state index in [4.69, 9.17) is 7.10 Å². The summed E-state index contributed by atoms with van der Waals surface area (Å²) in [7, 11) is 0. The number of hydrogen-bond acceptors (Lipinski definition) is 2. The molecule has 0 radical (unpaired) electrons. The fourth-order valence-electron chi connectivity index (χ4n) is 1.95. The predicted octanol–water partition coefficient (Wildman–Crippen LogP) is 0.962. The summed E-state index contributed by atoms with van der Waals surface area (Å²) in [5.74, 6) is 0. The van der Waals surface area contributed by atoms with Crippen LogP contribution >= 0.6 is 0 Å². The van der Waals surface area contributed by atoms with E-state index in [2.05, 4.69) is 4.90 Å². The number of likely N-dealkylation sites (tertiary alicyclic amines) is 1. The van der Waals surface area contributed by atoms with Crippen LogP contribution in [0.5, 0.6) is 0 Å². The zero-order chi connectivity index (χ0) is 8.60. The maximum atomic E-state index is 8.12. The quantitative estimate of drug-likeness (QED) is 0.611. The Morgan fingerprint density at radius 2 is 2.09 bits per heavy atom. The van der Waals surface area contributed by atoms with Crippen molar-refractivity contribution in [2.45, 2.75) is 44.2 Å². The summed E-state index contributed by atoms with van der Waals surface area (Å²) in [4.78, 5) is 2.28. The maximum absolute atomic E-state index is 8.12. The Bertz CT molecular complexity index is 168. The van der Waals surface area contributed by atoms with E-state index in [0.717, 1.165) is 32.4 Å². The van der Waals surface area contributed by atoms with Crippen LogP contribution in [0, 0.1) is 0 Å². The molecule has 2 N–H and O–H groups in total. The first-order valence-electron chi connectivity index (χ1n) is 5.21. The standard InChI is InChI=1S/C9H18N2/c10-8-3-2-6-11(7-8)9-4-1-5-9/h8-9H,1-7,10H2/t8-/m1/s1/i9D. The molecule has 0 aromatic heterocycles. The fraction of sp³-hybridized carbons (Fsp3) is 1.00. The number of piperidine rings is 1. The van der Waals surface area contributed by atoms with Gasteiger partial charge in [-0.25, -0.2) is 0 Å². The second-order valence-electron chi connectivity index (χ2n) is 3.77. The van der Waals surface area contributed by atoms with E-state index in [-0.39, 0.29) is 6.02 Å². The van der Waals surface area contributed by atoms with Gasteiger partial charge in [0.05, 0.1) is 0 Å². The van der Waals surface area contributed by atoms with Crippen molar-refractivity contribution >= 4 is 0 Å². The molecule has 2 heteroatoms. The lowest BCUT2D eigenvalue weighted by molar-refractivity contribution is 0.0956. The third-order valence-corrected chi connectivity index (χ3v) is 2.84. The highest BCUT2D eigenvalue weighted by molar-refractivity contribution is 4.85. The van der Waals surface area contributed by atoms with Crippen molar-refractivity contribution in [1.82, 2.24) is 4.90 Å². The molecule has 2 aliphatic rings. The van der Waals surface area contributed by atoms with Gasteiger partial charge in [0, 0.05) is 20.0 Å². The van der Waals surface area contributed by atoms with E-state index < -0.39 is 0 Å². The molecule has 2 fully saturated rings. The van der Waals surface area contributed by atoms with Gasteiger partial charge in [0.1, 0.15) is 0 Å². The van der Waals surface area contributed by atoms with Crippen LogP contribution in [0.25, 0.3) is 0 Å². The van der Waals surface area contributed by atoms with Gasteiger partial charge in [0.2, 0.25) is 0 Å². The number of nitrogens with two attached hydrogens (primary N) is 1. The van der Waals surface area contributed by atoms with Gasteiger partial charge in [-0.1, -0.05) is 6.42 Å². The molecule has 1 aliphatic carbocycles. The van der Waals surface area contributed by atoms with Gasteiger partial charge in [-0.15, -0.1) is 0 Å². The summed E-state index contributed by atoms with van der Waals surface area (Å²) < 4.78 is 8.12. The summed E-state index contributed by atoms with van der Waals surface area (Å²) in [6.07, 6.45) is 5.67. The van der Waals surface area contributed by atoms with Crippen molar-refractivity contribution in [2.75, 3.05) is 13.1 Å². The molecular weight excluding hydrogens is 136 g/mol. The summed E-state index contributed by atoms with van der Waals surface area (Å²) in [5.41, 5.74) is 5.88. The first-order valence-corrected chi connectivity index (χ1v) is 4.71. The Kier molecular flexibility index (Phi) is 1.82. The second kappa shape index (κ2) is 3.11. The van der Waals surface area contributed by atoms with Gasteiger partial charge in [-0.3, -0.25) is 4.90 Å². The average molecular weight is 155 g/mol. The second-order valence-corrected chi connectivity index (χ2v) is 3.77. The van der Waals surface area contributed by atoms with Crippen LogP contribution < -0.4 is 5.73 Å². The van der Waals surface area contributed by atoms with Gasteiger partial charge >= 0.3 is 0 Å². The van der Waals surface area contributed by atoms with Gasteiger partial charge in [-0.2, -0.15) is 0 Å². The van der Waals surface area contributed by atoms with Gasteiger partial charge in [0.15, 0.2) is 0 Å². The van der Waals surface area contributed by atoms with E-state index in [1.54, 1.807) is 0 Å². The Morgan fingerprint density at radius 3 is 2.64 bits per heavy atom. The molecule has 11 heavy (non-hydrogen) atoms. The third-order valence-electron chi connectivity index (χ3n) is 2.84. The molecule has 0 unspecified atom stereocenters. The summed E-state index contributed by atoms with van der Waals surface area (Å²) in [6, 6.07) is 0.0967. The lowest BCUT2D eigenvalue weighted by atomic mass is 9.89. The minimum atomic E-state index is -0.224. The van der Waals surface area contributed by atoms with E-state index in [0.29, 0.717) is 6.04 Å². The summed E-state index contributed by atoms with van der Waals surface area (Å²) in [6.45, 7) is 2.04. The molecule has 0 spiro atoms. The van der Waals surface area contributed by atoms with Gasteiger partial charge < -0.3 is 5.73 Å². The molecule has 2 rings (SSSR count). The predicted molar refractivity (Wildman–Crippen MR) is 46.4 cm³/mol. The maximum Gasteiger partial charge on any atom is 0.0467 e. The SMILES string of the molecule is [2H]C1(N2CCC[C@@H](N)C2)CCC1. The largest absolute Gasteiger partial charge is 0.327 e. The Labute approximate surface area is 70.2 Å². The molecule has 1 atom stereocenters. The summed E-state index contributed by atoms with van der Waals surface area (Å²) >= 11 is 0. The monoisotopic (exact) mass is 155 g/mol. The molecule has 2 nitrogen and oxygen atoms in total. The Hall–Kier alpha value is -0.0800. The van der Waals surface area contributed by atoms with Crippen LogP contribution in [0.2, 0.25) is 0 Å². The van der Waals surface area contributed by atoms with E-state index in [1.165, 1.54) is 12.8 Å². The smallest absolute Gasteiger partial charge is 0.0467 e. The van der Waals surface area contributed by atoms with Gasteiger partial charge in [0.25, 0.3) is 0 Å². The number of nitrogens with zero attached hydrogens (tertiary/aromatic N) is 1. The van der Waals surface area contributed by atoms with E-state index in [1.807, 2.05) is 0 Å². The van der Waals surface area contributed by atoms with Crippen LogP contribution in [-0.2, 0) is 0 Å². The Balaban J connectivity index is 1.94. The van der Waals surface area contributed by atoms with Crippen LogP contribution in [0.3, 0.4) is 0 Å². The highest BCUT2D eigenvalue weighted by atomic mass is 15.2. The third kappa shape index (κ3) is 1.57. The summed E-state index contributed by atoms with van der Waals surface area (Å²) in [5, 5.41) is 0. The lowest BCUT2D eigenvalue weighted by Gasteiger charge is -2.41. The highest BCUT2D eigenvalue weighted by Gasteiger charge is 2.27.